The van der Waals surface area contributed by atoms with E-state index < -0.39 is 0 Å². The van der Waals surface area contributed by atoms with Crippen LogP contribution in [0.25, 0.3) is 11.4 Å². The fourth-order valence-electron chi connectivity index (χ4n) is 2.13. The predicted molar refractivity (Wildman–Crippen MR) is 87.1 cm³/mol. The van der Waals surface area contributed by atoms with Crippen molar-refractivity contribution in [3.05, 3.63) is 30.2 Å². The molecule has 23 heavy (non-hydrogen) atoms. The lowest BCUT2D eigenvalue weighted by molar-refractivity contribution is -0.121. The smallest absolute Gasteiger partial charge is 0.227 e. The maximum atomic E-state index is 11.7. The fraction of sp³-hybridized carbons (Fsp3) is 0.471. The minimum Gasteiger partial charge on any atom is -0.497 e. The second kappa shape index (κ2) is 8.92. The lowest BCUT2D eigenvalue weighted by atomic mass is 10.2. The van der Waals surface area contributed by atoms with Gasteiger partial charge in [0, 0.05) is 24.9 Å². The van der Waals surface area contributed by atoms with Crippen LogP contribution in [0.1, 0.15) is 38.5 Å². The Bertz CT molecular complexity index is 608. The molecule has 2 aromatic rings. The molecule has 1 aromatic carbocycles. The van der Waals surface area contributed by atoms with E-state index in [1.165, 1.54) is 0 Å². The van der Waals surface area contributed by atoms with Gasteiger partial charge in [-0.1, -0.05) is 24.9 Å². The molecule has 0 fully saturated rings. The van der Waals surface area contributed by atoms with Crippen molar-refractivity contribution >= 4 is 5.91 Å². The van der Waals surface area contributed by atoms with Gasteiger partial charge in [0.2, 0.25) is 17.6 Å². The number of aryl methyl sites for hydroxylation is 1. The quantitative estimate of drug-likeness (QED) is 0.719. The van der Waals surface area contributed by atoms with E-state index in [0.717, 1.165) is 37.1 Å². The molecule has 0 spiro atoms. The first-order valence-electron chi connectivity index (χ1n) is 7.96. The zero-order valence-electron chi connectivity index (χ0n) is 13.7. The van der Waals surface area contributed by atoms with Crippen molar-refractivity contribution in [2.24, 2.45) is 0 Å². The zero-order chi connectivity index (χ0) is 16.5. The van der Waals surface area contributed by atoms with E-state index in [0.29, 0.717) is 24.6 Å². The van der Waals surface area contributed by atoms with Gasteiger partial charge < -0.3 is 14.6 Å². The molecule has 1 amide bonds. The molecule has 6 heteroatoms. The number of rotatable bonds is 9. The summed E-state index contributed by atoms with van der Waals surface area (Å²) in [6, 6.07) is 7.42. The average Bonchev–Trinajstić information content (AvgIpc) is 3.06. The van der Waals surface area contributed by atoms with Gasteiger partial charge in [-0.25, -0.2) is 0 Å². The molecule has 0 radical (unpaired) electrons. The van der Waals surface area contributed by atoms with Crippen LogP contribution in [0, 0.1) is 0 Å². The van der Waals surface area contributed by atoms with Gasteiger partial charge in [0.05, 0.1) is 7.11 Å². The number of nitrogens with one attached hydrogen (secondary N) is 1. The molecule has 0 saturated heterocycles. The summed E-state index contributed by atoms with van der Waals surface area (Å²) in [6.07, 6.45) is 4.10. The van der Waals surface area contributed by atoms with Gasteiger partial charge in [0.15, 0.2) is 0 Å². The monoisotopic (exact) mass is 317 g/mol. The van der Waals surface area contributed by atoms with Crippen LogP contribution in [0.15, 0.2) is 28.8 Å². The number of ether oxygens (including phenoxy) is 1. The van der Waals surface area contributed by atoms with Gasteiger partial charge in [0.25, 0.3) is 0 Å². The van der Waals surface area contributed by atoms with Crippen molar-refractivity contribution in [2.45, 2.75) is 39.0 Å². The van der Waals surface area contributed by atoms with Crippen molar-refractivity contribution < 1.29 is 14.1 Å². The molecule has 6 nitrogen and oxygen atoms in total. The molecule has 0 aliphatic rings. The SMILES string of the molecule is CCCCCNC(=O)CCc1nc(-c2ccc(OC)cc2)no1. The topological polar surface area (TPSA) is 77.2 Å². The van der Waals surface area contributed by atoms with Crippen LogP contribution in [0.5, 0.6) is 5.75 Å². The van der Waals surface area contributed by atoms with Crippen molar-refractivity contribution in [1.29, 1.82) is 0 Å². The number of hydrogen-bond donors (Lipinski definition) is 1. The van der Waals surface area contributed by atoms with E-state index in [-0.39, 0.29) is 5.91 Å². The average molecular weight is 317 g/mol. The van der Waals surface area contributed by atoms with E-state index >= 15 is 0 Å². The second-order valence-electron chi connectivity index (χ2n) is 5.30. The normalized spacial score (nSPS) is 10.5. The molecule has 0 saturated carbocycles. The van der Waals surface area contributed by atoms with E-state index in [2.05, 4.69) is 22.4 Å². The van der Waals surface area contributed by atoms with Crippen LogP contribution < -0.4 is 10.1 Å². The molecule has 0 aliphatic carbocycles. The number of amides is 1. The summed E-state index contributed by atoms with van der Waals surface area (Å²) >= 11 is 0. The van der Waals surface area contributed by atoms with Crippen LogP contribution >= 0.6 is 0 Å². The Morgan fingerprint density at radius 2 is 2.04 bits per heavy atom. The molecular weight excluding hydrogens is 294 g/mol. The second-order valence-corrected chi connectivity index (χ2v) is 5.30. The molecule has 0 aliphatic heterocycles. The highest BCUT2D eigenvalue weighted by molar-refractivity contribution is 5.75. The third-order valence-electron chi connectivity index (χ3n) is 3.48. The van der Waals surface area contributed by atoms with E-state index in [4.69, 9.17) is 9.26 Å². The van der Waals surface area contributed by atoms with Gasteiger partial charge in [-0.05, 0) is 30.7 Å². The lowest BCUT2D eigenvalue weighted by Crippen LogP contribution is -2.24. The maximum Gasteiger partial charge on any atom is 0.227 e. The van der Waals surface area contributed by atoms with Crippen LogP contribution in [-0.4, -0.2) is 29.7 Å². The molecule has 0 bridgehead atoms. The number of methoxy groups -OCH3 is 1. The third kappa shape index (κ3) is 5.39. The Morgan fingerprint density at radius 3 is 2.74 bits per heavy atom. The maximum absolute atomic E-state index is 11.7. The molecule has 124 valence electrons. The zero-order valence-corrected chi connectivity index (χ0v) is 13.7. The molecule has 0 unspecified atom stereocenters. The number of carbonyl (C=O) groups excluding carboxylic acids is 1. The number of hydrogen-bond acceptors (Lipinski definition) is 5. The first kappa shape index (κ1) is 17.0. The number of unbranched alkanes of at least 4 members (excludes halogenated alkanes) is 2. The highest BCUT2D eigenvalue weighted by Crippen LogP contribution is 2.19. The Balaban J connectivity index is 1.81. The Morgan fingerprint density at radius 1 is 1.26 bits per heavy atom. The number of aromatic nitrogens is 2. The van der Waals surface area contributed by atoms with E-state index in [1.54, 1.807) is 7.11 Å². The molecule has 0 atom stereocenters. The molecular formula is C17H23N3O3. The highest BCUT2D eigenvalue weighted by Gasteiger charge is 2.10. The summed E-state index contributed by atoms with van der Waals surface area (Å²) in [5.41, 5.74) is 0.852. The Kier molecular flexibility index (Phi) is 6.59. The molecule has 1 N–H and O–H groups in total. The number of nitrogens with zero attached hydrogens (tertiary/aromatic N) is 2. The largest absolute Gasteiger partial charge is 0.497 e. The van der Waals surface area contributed by atoms with Crippen LogP contribution in [0.4, 0.5) is 0 Å². The summed E-state index contributed by atoms with van der Waals surface area (Å²) in [7, 11) is 1.62. The molecule has 2 rings (SSSR count). The van der Waals surface area contributed by atoms with Gasteiger partial charge in [-0.2, -0.15) is 4.98 Å². The molecule has 1 aromatic heterocycles. The van der Waals surface area contributed by atoms with Crippen LogP contribution in [-0.2, 0) is 11.2 Å². The summed E-state index contributed by atoms with van der Waals surface area (Å²) in [5, 5.41) is 6.84. The van der Waals surface area contributed by atoms with Crippen LogP contribution in [0.2, 0.25) is 0 Å². The lowest BCUT2D eigenvalue weighted by Gasteiger charge is -2.02. The van der Waals surface area contributed by atoms with Crippen molar-refractivity contribution in [3.8, 4) is 17.1 Å². The van der Waals surface area contributed by atoms with E-state index in [1.807, 2.05) is 24.3 Å². The predicted octanol–water partition coefficient (Wildman–Crippen LogP) is 2.98. The minimum absolute atomic E-state index is 0.0188. The minimum atomic E-state index is 0.0188. The van der Waals surface area contributed by atoms with Crippen LogP contribution in [0.3, 0.4) is 0 Å². The third-order valence-corrected chi connectivity index (χ3v) is 3.48. The summed E-state index contributed by atoms with van der Waals surface area (Å²) in [6.45, 7) is 2.87. The fourth-order valence-corrected chi connectivity index (χ4v) is 2.13. The Hall–Kier alpha value is -2.37. The summed E-state index contributed by atoms with van der Waals surface area (Å²) in [4.78, 5) is 16.0. The van der Waals surface area contributed by atoms with Crippen molar-refractivity contribution in [2.75, 3.05) is 13.7 Å². The number of carbonyl (C=O) groups is 1. The Labute approximate surface area is 136 Å². The molecule has 1 heterocycles. The van der Waals surface area contributed by atoms with Gasteiger partial charge in [0.1, 0.15) is 5.75 Å². The summed E-state index contributed by atoms with van der Waals surface area (Å²) in [5.74, 6) is 1.79. The van der Waals surface area contributed by atoms with Crippen molar-refractivity contribution in [1.82, 2.24) is 15.5 Å². The van der Waals surface area contributed by atoms with Gasteiger partial charge in [-0.3, -0.25) is 4.79 Å². The van der Waals surface area contributed by atoms with Gasteiger partial charge >= 0.3 is 0 Å². The highest BCUT2D eigenvalue weighted by atomic mass is 16.5. The van der Waals surface area contributed by atoms with E-state index in [9.17, 15) is 4.79 Å². The standard InChI is InChI=1S/C17H23N3O3/c1-3-4-5-12-18-15(21)10-11-16-19-17(20-23-16)13-6-8-14(22-2)9-7-13/h6-9H,3-5,10-12H2,1-2H3,(H,18,21). The first-order valence-corrected chi connectivity index (χ1v) is 7.96. The summed E-state index contributed by atoms with van der Waals surface area (Å²) < 4.78 is 10.3. The first-order chi connectivity index (χ1) is 11.2. The number of benzene rings is 1. The van der Waals surface area contributed by atoms with Gasteiger partial charge in [-0.15, -0.1) is 0 Å². The van der Waals surface area contributed by atoms with Crippen molar-refractivity contribution in [3.63, 3.8) is 0 Å².